The molecule has 2 atom stereocenters. The van der Waals surface area contributed by atoms with Crippen molar-refractivity contribution in [3.8, 4) is 0 Å². The Bertz CT molecular complexity index is 313. The minimum Gasteiger partial charge on any atom is -0.385 e. The molecule has 2 unspecified atom stereocenters. The number of halogens is 2. The van der Waals surface area contributed by atoms with Gasteiger partial charge in [-0.2, -0.15) is 0 Å². The van der Waals surface area contributed by atoms with Crippen LogP contribution in [-0.2, 0) is 6.42 Å². The summed E-state index contributed by atoms with van der Waals surface area (Å²) < 4.78 is 13.9. The number of hydrogen-bond acceptors (Lipinski definition) is 1. The molecule has 1 nitrogen and oxygen atoms in total. The molecule has 2 rings (SSSR count). The van der Waals surface area contributed by atoms with Gasteiger partial charge in [0, 0.05) is 10.9 Å². The fourth-order valence-electron chi connectivity index (χ4n) is 1.57. The predicted molar refractivity (Wildman–Crippen MR) is 47.7 cm³/mol. The Morgan fingerprint density at radius 3 is 2.92 bits per heavy atom. The lowest BCUT2D eigenvalue weighted by Crippen LogP contribution is -2.05. The summed E-state index contributed by atoms with van der Waals surface area (Å²) in [7, 11) is 0. The third kappa shape index (κ3) is 1.08. The van der Waals surface area contributed by atoms with Crippen molar-refractivity contribution in [2.45, 2.75) is 18.7 Å². The molecule has 12 heavy (non-hydrogen) atoms. The third-order valence-electron chi connectivity index (χ3n) is 2.22. The Morgan fingerprint density at radius 2 is 2.25 bits per heavy atom. The molecular weight excluding hydrogens is 223 g/mol. The predicted octanol–water partition coefficient (Wildman–Crippen LogP) is 2.38. The second-order valence-corrected chi connectivity index (χ2v) is 3.83. The van der Waals surface area contributed by atoms with Gasteiger partial charge in [-0.1, -0.05) is 28.1 Å². The zero-order valence-electron chi connectivity index (χ0n) is 6.30. The summed E-state index contributed by atoms with van der Waals surface area (Å²) in [5, 5.41) is 9.38. The topological polar surface area (TPSA) is 20.2 Å². The molecule has 0 spiro atoms. The van der Waals surface area contributed by atoms with Gasteiger partial charge >= 0.3 is 0 Å². The van der Waals surface area contributed by atoms with E-state index < -0.39 is 12.3 Å². The average molecular weight is 231 g/mol. The van der Waals surface area contributed by atoms with Crippen molar-refractivity contribution in [2.24, 2.45) is 0 Å². The highest BCUT2D eigenvalue weighted by molar-refractivity contribution is 9.10. The molecule has 0 saturated heterocycles. The molecule has 1 aliphatic rings. The summed E-state index contributed by atoms with van der Waals surface area (Å²) in [5.41, 5.74) is 1.62. The molecule has 1 aliphatic carbocycles. The Labute approximate surface area is 78.3 Å². The van der Waals surface area contributed by atoms with Crippen LogP contribution in [0, 0.1) is 0 Å². The van der Waals surface area contributed by atoms with Gasteiger partial charge in [-0.3, -0.25) is 0 Å². The minimum absolute atomic E-state index is 0.317. The highest BCUT2D eigenvalue weighted by Gasteiger charge is 2.31. The van der Waals surface area contributed by atoms with Crippen LogP contribution < -0.4 is 0 Å². The van der Waals surface area contributed by atoms with E-state index in [1.165, 1.54) is 0 Å². The van der Waals surface area contributed by atoms with Crippen LogP contribution in [0.3, 0.4) is 0 Å². The Kier molecular flexibility index (Phi) is 1.93. The SMILES string of the molecule is OC1c2cccc(Br)c2CC1F. The number of rotatable bonds is 0. The van der Waals surface area contributed by atoms with E-state index in [-0.39, 0.29) is 0 Å². The van der Waals surface area contributed by atoms with Crippen LogP contribution in [0.15, 0.2) is 22.7 Å². The first-order valence-corrected chi connectivity index (χ1v) is 4.59. The van der Waals surface area contributed by atoms with E-state index in [1.54, 1.807) is 6.07 Å². The molecule has 0 bridgehead atoms. The van der Waals surface area contributed by atoms with E-state index in [0.29, 0.717) is 6.42 Å². The molecule has 0 fully saturated rings. The molecule has 0 aromatic heterocycles. The largest absolute Gasteiger partial charge is 0.385 e. The normalized spacial score (nSPS) is 27.2. The number of benzene rings is 1. The fourth-order valence-corrected chi connectivity index (χ4v) is 2.11. The maximum absolute atomic E-state index is 13.0. The minimum atomic E-state index is -1.14. The first kappa shape index (κ1) is 8.20. The molecule has 64 valence electrons. The van der Waals surface area contributed by atoms with Crippen molar-refractivity contribution >= 4 is 15.9 Å². The molecule has 1 N–H and O–H groups in total. The smallest absolute Gasteiger partial charge is 0.134 e. The fraction of sp³-hybridized carbons (Fsp3) is 0.333. The number of hydrogen-bond donors (Lipinski definition) is 1. The molecule has 1 aromatic rings. The molecule has 0 heterocycles. The molecule has 1 aromatic carbocycles. The second-order valence-electron chi connectivity index (χ2n) is 2.97. The van der Waals surface area contributed by atoms with E-state index >= 15 is 0 Å². The second kappa shape index (κ2) is 2.82. The van der Waals surface area contributed by atoms with Gasteiger partial charge in [0.2, 0.25) is 0 Å². The van der Waals surface area contributed by atoms with Gasteiger partial charge in [-0.15, -0.1) is 0 Å². The van der Waals surface area contributed by atoms with E-state index in [1.807, 2.05) is 12.1 Å². The quantitative estimate of drug-likeness (QED) is 0.726. The van der Waals surface area contributed by atoms with Crippen LogP contribution in [0.5, 0.6) is 0 Å². The first-order valence-electron chi connectivity index (χ1n) is 3.79. The van der Waals surface area contributed by atoms with Gasteiger partial charge < -0.3 is 5.11 Å². The van der Waals surface area contributed by atoms with E-state index in [2.05, 4.69) is 15.9 Å². The molecule has 0 aliphatic heterocycles. The van der Waals surface area contributed by atoms with Crippen LogP contribution >= 0.6 is 15.9 Å². The molecule has 0 radical (unpaired) electrons. The van der Waals surface area contributed by atoms with E-state index in [9.17, 15) is 9.50 Å². The summed E-state index contributed by atoms with van der Waals surface area (Å²) in [4.78, 5) is 0. The van der Waals surface area contributed by atoms with Crippen molar-refractivity contribution < 1.29 is 9.50 Å². The third-order valence-corrected chi connectivity index (χ3v) is 2.96. The highest BCUT2D eigenvalue weighted by atomic mass is 79.9. The van der Waals surface area contributed by atoms with Gasteiger partial charge in [-0.05, 0) is 17.2 Å². The van der Waals surface area contributed by atoms with Crippen molar-refractivity contribution in [1.29, 1.82) is 0 Å². The van der Waals surface area contributed by atoms with Crippen LogP contribution in [-0.4, -0.2) is 11.3 Å². The van der Waals surface area contributed by atoms with Crippen molar-refractivity contribution in [2.75, 3.05) is 0 Å². The maximum atomic E-state index is 13.0. The van der Waals surface area contributed by atoms with Crippen molar-refractivity contribution in [1.82, 2.24) is 0 Å². The average Bonchev–Trinajstić information content (AvgIpc) is 2.32. The summed E-state index contributed by atoms with van der Waals surface area (Å²) in [6, 6.07) is 5.44. The Balaban J connectivity index is 2.53. The van der Waals surface area contributed by atoms with Gasteiger partial charge in [-0.25, -0.2) is 4.39 Å². The van der Waals surface area contributed by atoms with Crippen LogP contribution in [0.2, 0.25) is 0 Å². The van der Waals surface area contributed by atoms with Gasteiger partial charge in [0.15, 0.2) is 0 Å². The van der Waals surface area contributed by atoms with Crippen LogP contribution in [0.1, 0.15) is 17.2 Å². The maximum Gasteiger partial charge on any atom is 0.134 e. The molecular formula is C9H8BrFO. The van der Waals surface area contributed by atoms with Gasteiger partial charge in [0.05, 0.1) is 0 Å². The lowest BCUT2D eigenvalue weighted by Gasteiger charge is -2.04. The lowest BCUT2D eigenvalue weighted by molar-refractivity contribution is 0.0926. The van der Waals surface area contributed by atoms with Gasteiger partial charge in [0.25, 0.3) is 0 Å². The highest BCUT2D eigenvalue weighted by Crippen LogP contribution is 2.37. The number of aliphatic hydroxyl groups is 1. The standard InChI is InChI=1S/C9H8BrFO/c10-7-3-1-2-5-6(7)4-8(11)9(5)12/h1-3,8-9,12H,4H2. The van der Waals surface area contributed by atoms with E-state index in [0.717, 1.165) is 15.6 Å². The Morgan fingerprint density at radius 1 is 1.50 bits per heavy atom. The summed E-state index contributed by atoms with van der Waals surface area (Å²) in [6.07, 6.45) is -1.76. The lowest BCUT2D eigenvalue weighted by atomic mass is 10.1. The zero-order valence-corrected chi connectivity index (χ0v) is 7.88. The summed E-state index contributed by atoms with van der Waals surface area (Å²) >= 11 is 3.32. The van der Waals surface area contributed by atoms with Crippen LogP contribution in [0.25, 0.3) is 0 Å². The summed E-state index contributed by atoms with van der Waals surface area (Å²) in [6.45, 7) is 0. The zero-order chi connectivity index (χ0) is 8.72. The summed E-state index contributed by atoms with van der Waals surface area (Å²) in [5.74, 6) is 0. The Hall–Kier alpha value is -0.410. The molecule has 0 amide bonds. The molecule has 0 saturated carbocycles. The monoisotopic (exact) mass is 230 g/mol. The van der Waals surface area contributed by atoms with Crippen LogP contribution in [0.4, 0.5) is 4.39 Å². The number of aliphatic hydroxyl groups excluding tert-OH is 1. The van der Waals surface area contributed by atoms with Gasteiger partial charge in [0.1, 0.15) is 12.3 Å². The first-order chi connectivity index (χ1) is 5.70. The van der Waals surface area contributed by atoms with Crippen molar-refractivity contribution in [3.05, 3.63) is 33.8 Å². The van der Waals surface area contributed by atoms with E-state index in [4.69, 9.17) is 0 Å². The van der Waals surface area contributed by atoms with Crippen molar-refractivity contribution in [3.63, 3.8) is 0 Å². The number of fused-ring (bicyclic) bond motifs is 1. The molecule has 3 heteroatoms. The number of alkyl halides is 1.